The van der Waals surface area contributed by atoms with Crippen molar-refractivity contribution in [2.45, 2.75) is 31.4 Å². The Morgan fingerprint density at radius 3 is 2.67 bits per heavy atom. The van der Waals surface area contributed by atoms with Gasteiger partial charge < -0.3 is 9.64 Å². The third-order valence-electron chi connectivity index (χ3n) is 5.01. The lowest BCUT2D eigenvalue weighted by Crippen LogP contribution is -2.31. The number of aryl methyl sites for hydroxylation is 1. The van der Waals surface area contributed by atoms with E-state index in [1.165, 1.54) is 61.3 Å². The number of rotatable bonds is 4. The molecule has 0 bridgehead atoms. The van der Waals surface area contributed by atoms with E-state index in [9.17, 15) is 0 Å². The highest BCUT2D eigenvalue weighted by Crippen LogP contribution is 2.49. The lowest BCUT2D eigenvalue weighted by atomic mass is 9.98. The molecular formula is C21H25NOS. The van der Waals surface area contributed by atoms with Crippen molar-refractivity contribution in [3.8, 4) is 11.5 Å². The van der Waals surface area contributed by atoms with Crippen molar-refractivity contribution in [2.75, 3.05) is 25.4 Å². The van der Waals surface area contributed by atoms with Crippen LogP contribution in [0.5, 0.6) is 11.5 Å². The van der Waals surface area contributed by atoms with Crippen molar-refractivity contribution in [2.24, 2.45) is 0 Å². The van der Waals surface area contributed by atoms with Gasteiger partial charge in [-0.1, -0.05) is 42.3 Å². The number of ether oxygens (including phenoxy) is 1. The Hall–Kier alpha value is -1.45. The molecule has 1 saturated heterocycles. The second-order valence-electron chi connectivity index (χ2n) is 6.83. The Morgan fingerprint density at radius 1 is 1.00 bits per heavy atom. The number of hydrogen-bond donors (Lipinski definition) is 0. The predicted octanol–water partition coefficient (Wildman–Crippen LogP) is 5.41. The zero-order chi connectivity index (χ0) is 16.4. The monoisotopic (exact) mass is 339 g/mol. The summed E-state index contributed by atoms with van der Waals surface area (Å²) in [5, 5.41) is 0.384. The Kier molecular flexibility index (Phi) is 4.81. The van der Waals surface area contributed by atoms with E-state index in [0.29, 0.717) is 5.25 Å². The van der Waals surface area contributed by atoms with E-state index >= 15 is 0 Å². The molecule has 0 radical (unpaired) electrons. The number of hydrogen-bond acceptors (Lipinski definition) is 3. The van der Waals surface area contributed by atoms with Crippen LogP contribution in [0.15, 0.2) is 42.5 Å². The number of nitrogens with zero attached hydrogens (tertiary/aromatic N) is 1. The summed E-state index contributed by atoms with van der Waals surface area (Å²) in [6.45, 7) is 5.92. The van der Waals surface area contributed by atoms with Gasteiger partial charge >= 0.3 is 0 Å². The van der Waals surface area contributed by atoms with Gasteiger partial charge in [0.15, 0.2) is 0 Å². The van der Waals surface area contributed by atoms with E-state index in [2.05, 4.69) is 66.1 Å². The first-order valence-electron chi connectivity index (χ1n) is 9.02. The van der Waals surface area contributed by atoms with Crippen LogP contribution in [0.25, 0.3) is 0 Å². The molecule has 2 nitrogen and oxygen atoms in total. The summed E-state index contributed by atoms with van der Waals surface area (Å²) in [6.07, 6.45) is 4.14. The van der Waals surface area contributed by atoms with Gasteiger partial charge in [0.2, 0.25) is 0 Å². The molecule has 24 heavy (non-hydrogen) atoms. The lowest BCUT2D eigenvalue weighted by molar-refractivity contribution is 0.242. The van der Waals surface area contributed by atoms with Crippen LogP contribution in [0.2, 0.25) is 0 Å². The third-order valence-corrected chi connectivity index (χ3v) is 6.27. The fourth-order valence-corrected chi connectivity index (χ4v) is 5.04. The quantitative estimate of drug-likeness (QED) is 0.739. The van der Waals surface area contributed by atoms with E-state index in [-0.39, 0.29) is 0 Å². The Bertz CT molecular complexity index is 709. The van der Waals surface area contributed by atoms with Crippen LogP contribution in [0, 0.1) is 6.92 Å². The molecule has 0 aliphatic carbocycles. The molecule has 0 aromatic heterocycles. The van der Waals surface area contributed by atoms with Crippen LogP contribution in [0.1, 0.15) is 41.2 Å². The smallest absolute Gasteiger partial charge is 0.132 e. The summed E-state index contributed by atoms with van der Waals surface area (Å²) in [4.78, 5) is 2.62. The van der Waals surface area contributed by atoms with E-state index in [0.717, 1.165) is 11.5 Å². The molecule has 0 amide bonds. The molecule has 126 valence electrons. The maximum atomic E-state index is 6.14. The van der Waals surface area contributed by atoms with Crippen molar-refractivity contribution < 1.29 is 4.74 Å². The molecular weight excluding hydrogens is 314 g/mol. The zero-order valence-corrected chi connectivity index (χ0v) is 15.1. The molecule has 3 heteroatoms. The maximum Gasteiger partial charge on any atom is 0.132 e. The van der Waals surface area contributed by atoms with Gasteiger partial charge in [-0.15, -0.1) is 11.8 Å². The summed E-state index contributed by atoms with van der Waals surface area (Å²) in [6, 6.07) is 15.1. The summed E-state index contributed by atoms with van der Waals surface area (Å²) in [5.41, 5.74) is 3.95. The van der Waals surface area contributed by atoms with Gasteiger partial charge in [0, 0.05) is 23.4 Å². The number of thioether (sulfide) groups is 1. The minimum atomic E-state index is 0.384. The molecule has 1 unspecified atom stereocenters. The van der Waals surface area contributed by atoms with Gasteiger partial charge in [0.05, 0.1) is 5.25 Å². The van der Waals surface area contributed by atoms with Crippen LogP contribution in [-0.4, -0.2) is 30.3 Å². The lowest BCUT2D eigenvalue weighted by Gasteiger charge is -2.30. The molecule has 0 saturated carbocycles. The van der Waals surface area contributed by atoms with Crippen LogP contribution in [-0.2, 0) is 0 Å². The molecule has 4 rings (SSSR count). The average molecular weight is 340 g/mol. The Balaban J connectivity index is 1.53. The predicted molar refractivity (Wildman–Crippen MR) is 102 cm³/mol. The highest BCUT2D eigenvalue weighted by Gasteiger charge is 2.27. The molecule has 1 atom stereocenters. The third kappa shape index (κ3) is 3.33. The summed E-state index contributed by atoms with van der Waals surface area (Å²) < 4.78 is 6.14. The molecule has 2 aromatic rings. The summed E-state index contributed by atoms with van der Waals surface area (Å²) in [7, 11) is 0. The van der Waals surface area contributed by atoms with Crippen molar-refractivity contribution in [3.05, 3.63) is 59.2 Å². The second kappa shape index (κ2) is 7.20. The van der Waals surface area contributed by atoms with Crippen molar-refractivity contribution >= 4 is 11.8 Å². The summed E-state index contributed by atoms with van der Waals surface area (Å²) >= 11 is 2.06. The second-order valence-corrected chi connectivity index (χ2v) is 8.05. The molecule has 0 spiro atoms. The number of para-hydroxylation sites is 1. The number of piperidine rings is 1. The fraction of sp³-hybridized carbons (Fsp3) is 0.429. The van der Waals surface area contributed by atoms with Crippen molar-refractivity contribution in [3.63, 3.8) is 0 Å². The van der Waals surface area contributed by atoms with E-state index in [1.807, 2.05) is 0 Å². The van der Waals surface area contributed by atoms with E-state index < -0.39 is 0 Å². The molecule has 2 aliphatic heterocycles. The highest BCUT2D eigenvalue weighted by atomic mass is 32.2. The van der Waals surface area contributed by atoms with Crippen LogP contribution in [0.4, 0.5) is 0 Å². The molecule has 2 heterocycles. The molecule has 0 N–H and O–H groups in total. The van der Waals surface area contributed by atoms with Crippen LogP contribution >= 0.6 is 11.8 Å². The minimum Gasteiger partial charge on any atom is -0.457 e. The topological polar surface area (TPSA) is 12.5 Å². The Labute approximate surface area is 149 Å². The van der Waals surface area contributed by atoms with Gasteiger partial charge in [-0.05, 0) is 45.0 Å². The summed E-state index contributed by atoms with van der Waals surface area (Å²) in [5.74, 6) is 3.21. The van der Waals surface area contributed by atoms with E-state index in [1.54, 1.807) is 0 Å². The standard InChI is InChI=1S/C21H25NOS/c1-16-9-10-20-18(15-16)21(17-7-3-4-8-19(17)23-20)24-14-13-22-11-5-2-6-12-22/h3-4,7-10,15,21H,2,5-6,11-14H2,1H3. The van der Waals surface area contributed by atoms with Gasteiger partial charge in [-0.25, -0.2) is 0 Å². The maximum absolute atomic E-state index is 6.14. The van der Waals surface area contributed by atoms with Gasteiger partial charge in [0.1, 0.15) is 11.5 Å². The molecule has 2 aromatic carbocycles. The minimum absolute atomic E-state index is 0.384. The van der Waals surface area contributed by atoms with Crippen molar-refractivity contribution in [1.29, 1.82) is 0 Å². The number of benzene rings is 2. The number of likely N-dealkylation sites (tertiary alicyclic amines) is 1. The number of fused-ring (bicyclic) bond motifs is 2. The van der Waals surface area contributed by atoms with Gasteiger partial charge in [0.25, 0.3) is 0 Å². The zero-order valence-electron chi connectivity index (χ0n) is 14.3. The SMILES string of the molecule is Cc1ccc2c(c1)C(SCCN1CCCCC1)c1ccccc1O2. The first-order valence-corrected chi connectivity index (χ1v) is 10.1. The van der Waals surface area contributed by atoms with Crippen LogP contribution < -0.4 is 4.74 Å². The highest BCUT2D eigenvalue weighted by molar-refractivity contribution is 7.99. The Morgan fingerprint density at radius 2 is 1.79 bits per heavy atom. The van der Waals surface area contributed by atoms with Crippen molar-refractivity contribution in [1.82, 2.24) is 4.90 Å². The van der Waals surface area contributed by atoms with Gasteiger partial charge in [-0.2, -0.15) is 0 Å². The first kappa shape index (κ1) is 16.0. The molecule has 2 aliphatic rings. The van der Waals surface area contributed by atoms with Gasteiger partial charge in [-0.3, -0.25) is 0 Å². The van der Waals surface area contributed by atoms with Crippen LogP contribution in [0.3, 0.4) is 0 Å². The normalized spacial score (nSPS) is 20.1. The largest absolute Gasteiger partial charge is 0.457 e. The fourth-order valence-electron chi connectivity index (χ4n) is 3.70. The van der Waals surface area contributed by atoms with E-state index in [4.69, 9.17) is 4.74 Å². The molecule has 1 fully saturated rings. The first-order chi connectivity index (χ1) is 11.8. The average Bonchev–Trinajstić information content (AvgIpc) is 2.62.